The predicted octanol–water partition coefficient (Wildman–Crippen LogP) is 2.85. The fourth-order valence-corrected chi connectivity index (χ4v) is 2.34. The van der Waals surface area contributed by atoms with Crippen molar-refractivity contribution >= 4 is 34.2 Å². The van der Waals surface area contributed by atoms with E-state index in [2.05, 4.69) is 4.98 Å². The highest BCUT2D eigenvalue weighted by molar-refractivity contribution is 14.1. The number of nitrogens with zero attached hydrogens (tertiary/aromatic N) is 1. The lowest BCUT2D eigenvalue weighted by Crippen LogP contribution is -2.02. The maximum absolute atomic E-state index is 12.3. The first kappa shape index (κ1) is 12.1. The summed E-state index contributed by atoms with van der Waals surface area (Å²) in [5.41, 5.74) is 0.696. The molecule has 1 aromatic heterocycles. The molecule has 0 atom stereocenters. The van der Waals surface area contributed by atoms with Crippen LogP contribution in [0.1, 0.15) is 23.2 Å². The summed E-state index contributed by atoms with van der Waals surface area (Å²) in [6.07, 6.45) is -2.63. The molecule has 1 aromatic rings. The highest BCUT2D eigenvalue weighted by atomic mass is 127. The summed E-state index contributed by atoms with van der Waals surface area (Å²) >= 11 is 7.43. The van der Waals surface area contributed by atoms with Gasteiger partial charge in [-0.1, -0.05) is 0 Å². The van der Waals surface area contributed by atoms with Crippen LogP contribution in [0, 0.1) is 3.70 Å². The van der Waals surface area contributed by atoms with Gasteiger partial charge in [0, 0.05) is 5.56 Å². The van der Waals surface area contributed by atoms with Gasteiger partial charge in [0.15, 0.2) is 0 Å². The van der Waals surface area contributed by atoms with Crippen LogP contribution in [0.25, 0.3) is 0 Å². The lowest BCUT2D eigenvalue weighted by molar-refractivity contribution is 0.145. The van der Waals surface area contributed by atoms with Gasteiger partial charge in [-0.3, -0.25) is 0 Å². The van der Waals surface area contributed by atoms with Crippen molar-refractivity contribution in [2.45, 2.75) is 18.9 Å². The van der Waals surface area contributed by atoms with Crippen LogP contribution < -0.4 is 0 Å². The second-order valence-electron chi connectivity index (χ2n) is 2.57. The average molecular weight is 334 g/mol. The van der Waals surface area contributed by atoms with Crippen LogP contribution in [0.15, 0.2) is 6.07 Å². The van der Waals surface area contributed by atoms with Crippen molar-refractivity contribution in [1.29, 1.82) is 0 Å². The minimum absolute atomic E-state index is 0.157. The van der Waals surface area contributed by atoms with Gasteiger partial charge in [-0.05, 0) is 34.2 Å². The molecule has 1 N–H and O–H groups in total. The summed E-state index contributed by atoms with van der Waals surface area (Å²) in [6.45, 7) is -0.305. The Morgan fingerprint density at radius 1 is 1.57 bits per heavy atom. The number of rotatable bonds is 3. The Morgan fingerprint density at radius 3 is 2.64 bits per heavy atom. The number of aliphatic hydroxyl groups excluding tert-OH is 1. The van der Waals surface area contributed by atoms with Gasteiger partial charge in [0.2, 0.25) is 0 Å². The van der Waals surface area contributed by atoms with E-state index in [1.807, 2.05) is 22.6 Å². The second-order valence-corrected chi connectivity index (χ2v) is 3.86. The van der Waals surface area contributed by atoms with Crippen LogP contribution in [0.5, 0.6) is 0 Å². The van der Waals surface area contributed by atoms with Crippen molar-refractivity contribution in [3.63, 3.8) is 0 Å². The van der Waals surface area contributed by atoms with Gasteiger partial charge >= 0.3 is 0 Å². The largest absolute Gasteiger partial charge is 0.392 e. The van der Waals surface area contributed by atoms with E-state index in [4.69, 9.17) is 16.7 Å². The molecule has 0 amide bonds. The highest BCUT2D eigenvalue weighted by Gasteiger charge is 2.15. The smallest absolute Gasteiger partial charge is 0.280 e. The molecule has 0 radical (unpaired) electrons. The Balaban J connectivity index is 3.24. The van der Waals surface area contributed by atoms with Crippen molar-refractivity contribution < 1.29 is 13.9 Å². The molecular weight excluding hydrogens is 326 g/mol. The number of halogens is 4. The zero-order chi connectivity index (χ0) is 10.7. The van der Waals surface area contributed by atoms with Crippen molar-refractivity contribution in [1.82, 2.24) is 4.98 Å². The van der Waals surface area contributed by atoms with Gasteiger partial charge in [0.25, 0.3) is 6.43 Å². The van der Waals surface area contributed by atoms with Gasteiger partial charge in [-0.2, -0.15) is 0 Å². The molecule has 0 spiro atoms. The zero-order valence-corrected chi connectivity index (χ0v) is 9.89. The first-order chi connectivity index (χ1) is 6.60. The van der Waals surface area contributed by atoms with Gasteiger partial charge < -0.3 is 5.11 Å². The summed E-state index contributed by atoms with van der Waals surface area (Å²) in [5, 5.41) is 8.95. The molecule has 0 bridgehead atoms. The molecule has 0 aliphatic heterocycles. The minimum Gasteiger partial charge on any atom is -0.392 e. The number of hydrogen-bond acceptors (Lipinski definition) is 2. The van der Waals surface area contributed by atoms with Crippen LogP contribution in [0.2, 0.25) is 0 Å². The summed E-state index contributed by atoms with van der Waals surface area (Å²) in [4.78, 5) is 3.69. The Bertz CT molecular complexity index is 335. The molecule has 0 aromatic carbocycles. The first-order valence-corrected chi connectivity index (χ1v) is 5.34. The number of pyridine rings is 1. The second kappa shape index (κ2) is 5.18. The molecule has 6 heteroatoms. The summed E-state index contributed by atoms with van der Waals surface area (Å²) in [7, 11) is 0. The average Bonchev–Trinajstić information content (AvgIpc) is 2.16. The summed E-state index contributed by atoms with van der Waals surface area (Å²) in [5.74, 6) is 0.157. The molecule has 1 rings (SSSR count). The van der Waals surface area contributed by atoms with E-state index in [-0.39, 0.29) is 18.2 Å². The number of aliphatic hydroxyl groups is 1. The van der Waals surface area contributed by atoms with Crippen molar-refractivity contribution in [3.05, 3.63) is 26.6 Å². The van der Waals surface area contributed by atoms with Gasteiger partial charge in [-0.15, -0.1) is 11.6 Å². The van der Waals surface area contributed by atoms with E-state index in [1.165, 1.54) is 6.07 Å². The molecule has 2 nitrogen and oxygen atoms in total. The van der Waals surface area contributed by atoms with E-state index >= 15 is 0 Å². The Morgan fingerprint density at radius 2 is 2.21 bits per heavy atom. The Hall–Kier alpha value is -0.0100. The molecule has 0 unspecified atom stereocenters. The van der Waals surface area contributed by atoms with Crippen LogP contribution in [0.4, 0.5) is 8.78 Å². The zero-order valence-electron chi connectivity index (χ0n) is 6.98. The van der Waals surface area contributed by atoms with Crippen LogP contribution >= 0.6 is 34.2 Å². The van der Waals surface area contributed by atoms with Crippen molar-refractivity contribution in [3.8, 4) is 0 Å². The third-order valence-electron chi connectivity index (χ3n) is 1.71. The SMILES string of the molecule is OCc1cc(C(F)F)nc(I)c1CCl. The normalized spacial score (nSPS) is 11.0. The fraction of sp³-hybridized carbons (Fsp3) is 0.375. The topological polar surface area (TPSA) is 33.1 Å². The minimum atomic E-state index is -2.63. The standard InChI is InChI=1S/C8H7ClF2INO/c9-2-5-4(3-14)1-6(7(10)11)13-8(5)12/h1,7,14H,2-3H2. The lowest BCUT2D eigenvalue weighted by atomic mass is 10.1. The quantitative estimate of drug-likeness (QED) is 0.524. The van der Waals surface area contributed by atoms with Crippen molar-refractivity contribution in [2.24, 2.45) is 0 Å². The lowest BCUT2D eigenvalue weighted by Gasteiger charge is -2.08. The Labute approximate surface area is 98.4 Å². The third kappa shape index (κ3) is 2.52. The molecule has 0 saturated carbocycles. The maximum atomic E-state index is 12.3. The van der Waals surface area contributed by atoms with Gasteiger partial charge in [-0.25, -0.2) is 13.8 Å². The number of hydrogen-bond donors (Lipinski definition) is 1. The molecule has 78 valence electrons. The molecule has 0 aliphatic carbocycles. The monoisotopic (exact) mass is 333 g/mol. The van der Waals surface area contributed by atoms with Crippen LogP contribution in [-0.4, -0.2) is 10.1 Å². The molecule has 0 fully saturated rings. The molecule has 1 heterocycles. The molecule has 0 aliphatic rings. The Kier molecular flexibility index (Phi) is 4.46. The molecule has 14 heavy (non-hydrogen) atoms. The number of alkyl halides is 3. The van der Waals surface area contributed by atoms with E-state index < -0.39 is 6.43 Å². The van der Waals surface area contributed by atoms with Crippen LogP contribution in [0.3, 0.4) is 0 Å². The van der Waals surface area contributed by atoms with Gasteiger partial charge in [0.1, 0.15) is 9.39 Å². The molecular formula is C8H7ClF2INO. The summed E-state index contributed by atoms with van der Waals surface area (Å²) < 4.78 is 25.1. The van der Waals surface area contributed by atoms with E-state index in [1.54, 1.807) is 0 Å². The first-order valence-electron chi connectivity index (χ1n) is 3.73. The predicted molar refractivity (Wildman–Crippen MR) is 57.4 cm³/mol. The summed E-state index contributed by atoms with van der Waals surface area (Å²) in [6, 6.07) is 1.19. The van der Waals surface area contributed by atoms with Crippen LogP contribution in [-0.2, 0) is 12.5 Å². The fourth-order valence-electron chi connectivity index (χ4n) is 1.01. The number of aromatic nitrogens is 1. The van der Waals surface area contributed by atoms with E-state index in [0.717, 1.165) is 0 Å². The van der Waals surface area contributed by atoms with E-state index in [0.29, 0.717) is 14.8 Å². The highest BCUT2D eigenvalue weighted by Crippen LogP contribution is 2.24. The molecule has 0 saturated heterocycles. The van der Waals surface area contributed by atoms with Gasteiger partial charge in [0.05, 0.1) is 12.5 Å². The van der Waals surface area contributed by atoms with Crippen molar-refractivity contribution in [2.75, 3.05) is 0 Å². The van der Waals surface area contributed by atoms with E-state index in [9.17, 15) is 8.78 Å². The third-order valence-corrected chi connectivity index (χ3v) is 2.87. The maximum Gasteiger partial charge on any atom is 0.280 e.